The van der Waals surface area contributed by atoms with E-state index in [-0.39, 0.29) is 5.54 Å². The lowest BCUT2D eigenvalue weighted by Crippen LogP contribution is -2.59. The summed E-state index contributed by atoms with van der Waals surface area (Å²) in [6.45, 7) is 5.86. The van der Waals surface area contributed by atoms with Crippen LogP contribution in [0.5, 0.6) is 0 Å². The number of likely N-dealkylation sites (N-methyl/N-ethyl adjacent to an activating group) is 1. The predicted octanol–water partition coefficient (Wildman–Crippen LogP) is 1.08. The number of nitrogens with zero attached hydrogens (tertiary/aromatic N) is 1. The van der Waals surface area contributed by atoms with E-state index in [1.165, 1.54) is 12.8 Å². The van der Waals surface area contributed by atoms with Crippen LogP contribution in [0.4, 0.5) is 0 Å². The lowest BCUT2D eigenvalue weighted by molar-refractivity contribution is -0.00570. The van der Waals surface area contributed by atoms with Crippen LogP contribution in [0.2, 0.25) is 0 Å². The van der Waals surface area contributed by atoms with Gasteiger partial charge in [0.15, 0.2) is 0 Å². The molecule has 1 saturated carbocycles. The molecule has 1 rings (SSSR count). The number of ether oxygens (including phenoxy) is 1. The fraction of sp³-hybridized carbons (Fsp3) is 1.00. The largest absolute Gasteiger partial charge is 0.383 e. The van der Waals surface area contributed by atoms with Gasteiger partial charge in [0.1, 0.15) is 0 Å². The van der Waals surface area contributed by atoms with Crippen LogP contribution in [0.15, 0.2) is 0 Å². The van der Waals surface area contributed by atoms with E-state index >= 15 is 0 Å². The second kappa shape index (κ2) is 4.60. The quantitative estimate of drug-likeness (QED) is 0.697. The molecule has 0 aromatic carbocycles. The molecule has 1 aliphatic carbocycles. The van der Waals surface area contributed by atoms with Crippen molar-refractivity contribution in [1.82, 2.24) is 4.90 Å². The van der Waals surface area contributed by atoms with Crippen LogP contribution < -0.4 is 5.73 Å². The van der Waals surface area contributed by atoms with Crippen LogP contribution in [-0.4, -0.2) is 43.8 Å². The molecule has 2 N–H and O–H groups in total. The first-order valence-corrected chi connectivity index (χ1v) is 5.50. The van der Waals surface area contributed by atoms with Crippen molar-refractivity contribution >= 4 is 0 Å². The predicted molar refractivity (Wildman–Crippen MR) is 59.3 cm³/mol. The minimum Gasteiger partial charge on any atom is -0.383 e. The highest BCUT2D eigenvalue weighted by atomic mass is 16.5. The molecule has 0 radical (unpaired) electrons. The first-order valence-electron chi connectivity index (χ1n) is 5.50. The van der Waals surface area contributed by atoms with Crippen molar-refractivity contribution in [1.29, 1.82) is 0 Å². The van der Waals surface area contributed by atoms with Crippen LogP contribution in [-0.2, 0) is 4.74 Å². The zero-order valence-electron chi connectivity index (χ0n) is 9.92. The average Bonchev–Trinajstić information content (AvgIpc) is 2.95. The van der Waals surface area contributed by atoms with Gasteiger partial charge in [-0.3, -0.25) is 4.90 Å². The third-order valence-corrected chi connectivity index (χ3v) is 3.62. The summed E-state index contributed by atoms with van der Waals surface area (Å²) in [4.78, 5) is 2.43. The molecule has 0 heterocycles. The summed E-state index contributed by atoms with van der Waals surface area (Å²) in [5, 5.41) is 0. The van der Waals surface area contributed by atoms with E-state index in [0.717, 1.165) is 12.6 Å². The van der Waals surface area contributed by atoms with Crippen molar-refractivity contribution in [2.24, 2.45) is 11.7 Å². The van der Waals surface area contributed by atoms with Gasteiger partial charge in [-0.1, -0.05) is 13.8 Å². The highest BCUT2D eigenvalue weighted by Gasteiger charge is 2.43. The zero-order chi connectivity index (χ0) is 10.8. The molecule has 0 aromatic heterocycles. The Morgan fingerprint density at radius 1 is 1.50 bits per heavy atom. The standard InChI is InChI=1S/C11H24N2O/c1-9(2)11(7-12,8-14-4)13(3)10-5-6-10/h9-10H,5-8,12H2,1-4H3. The van der Waals surface area contributed by atoms with Gasteiger partial charge in [-0.15, -0.1) is 0 Å². The number of methoxy groups -OCH3 is 1. The molecule has 3 heteroatoms. The molecule has 0 amide bonds. The van der Waals surface area contributed by atoms with Gasteiger partial charge in [0, 0.05) is 19.7 Å². The van der Waals surface area contributed by atoms with Gasteiger partial charge in [-0.2, -0.15) is 0 Å². The number of hydrogen-bond donors (Lipinski definition) is 1. The second-order valence-electron chi connectivity index (χ2n) is 4.74. The van der Waals surface area contributed by atoms with Crippen molar-refractivity contribution in [3.05, 3.63) is 0 Å². The lowest BCUT2D eigenvalue weighted by Gasteiger charge is -2.44. The van der Waals surface area contributed by atoms with E-state index in [4.69, 9.17) is 10.5 Å². The minimum absolute atomic E-state index is 0.0237. The fourth-order valence-electron chi connectivity index (χ4n) is 2.19. The van der Waals surface area contributed by atoms with Gasteiger partial charge < -0.3 is 10.5 Å². The molecule has 1 fully saturated rings. The Morgan fingerprint density at radius 2 is 2.07 bits per heavy atom. The third kappa shape index (κ3) is 2.10. The Labute approximate surface area is 87.6 Å². The van der Waals surface area contributed by atoms with Crippen LogP contribution >= 0.6 is 0 Å². The SMILES string of the molecule is COCC(CN)(C(C)C)N(C)C1CC1. The summed E-state index contributed by atoms with van der Waals surface area (Å²) >= 11 is 0. The topological polar surface area (TPSA) is 38.5 Å². The second-order valence-corrected chi connectivity index (χ2v) is 4.74. The van der Waals surface area contributed by atoms with E-state index in [2.05, 4.69) is 25.8 Å². The van der Waals surface area contributed by atoms with Gasteiger partial charge in [-0.25, -0.2) is 0 Å². The maximum atomic E-state index is 5.94. The zero-order valence-corrected chi connectivity index (χ0v) is 9.92. The maximum Gasteiger partial charge on any atom is 0.0661 e. The highest BCUT2D eigenvalue weighted by molar-refractivity contribution is 4.99. The summed E-state index contributed by atoms with van der Waals surface area (Å²) in [5.74, 6) is 0.526. The minimum atomic E-state index is 0.0237. The molecular weight excluding hydrogens is 176 g/mol. The molecule has 0 aliphatic heterocycles. The van der Waals surface area contributed by atoms with E-state index in [0.29, 0.717) is 12.5 Å². The smallest absolute Gasteiger partial charge is 0.0661 e. The van der Waals surface area contributed by atoms with Crippen LogP contribution in [0, 0.1) is 5.92 Å². The lowest BCUT2D eigenvalue weighted by atomic mass is 9.85. The van der Waals surface area contributed by atoms with E-state index in [1.54, 1.807) is 7.11 Å². The molecule has 0 bridgehead atoms. The Bertz CT molecular complexity index is 180. The average molecular weight is 200 g/mol. The Morgan fingerprint density at radius 3 is 2.36 bits per heavy atom. The Hall–Kier alpha value is -0.120. The van der Waals surface area contributed by atoms with Gasteiger partial charge in [0.25, 0.3) is 0 Å². The highest BCUT2D eigenvalue weighted by Crippen LogP contribution is 2.34. The fourth-order valence-corrected chi connectivity index (χ4v) is 2.19. The van der Waals surface area contributed by atoms with E-state index in [9.17, 15) is 0 Å². The molecular formula is C11H24N2O. The summed E-state index contributed by atoms with van der Waals surface area (Å²) in [6, 6.07) is 0.732. The molecule has 0 aromatic rings. The summed E-state index contributed by atoms with van der Waals surface area (Å²) in [5.41, 5.74) is 5.96. The molecule has 0 spiro atoms. The number of hydrogen-bond acceptors (Lipinski definition) is 3. The Balaban J connectivity index is 2.74. The summed E-state index contributed by atoms with van der Waals surface area (Å²) in [6.07, 6.45) is 2.63. The van der Waals surface area contributed by atoms with Crippen LogP contribution in [0.1, 0.15) is 26.7 Å². The van der Waals surface area contributed by atoms with Crippen molar-refractivity contribution in [3.8, 4) is 0 Å². The number of nitrogens with two attached hydrogens (primary N) is 1. The van der Waals surface area contributed by atoms with Gasteiger partial charge in [-0.05, 0) is 25.8 Å². The van der Waals surface area contributed by atoms with Gasteiger partial charge >= 0.3 is 0 Å². The molecule has 1 aliphatic rings. The van der Waals surface area contributed by atoms with Crippen LogP contribution in [0.3, 0.4) is 0 Å². The first-order chi connectivity index (χ1) is 6.58. The van der Waals surface area contributed by atoms with Crippen molar-refractivity contribution in [2.45, 2.75) is 38.3 Å². The van der Waals surface area contributed by atoms with Gasteiger partial charge in [0.05, 0.1) is 12.1 Å². The van der Waals surface area contributed by atoms with Gasteiger partial charge in [0.2, 0.25) is 0 Å². The molecule has 0 saturated heterocycles. The number of rotatable bonds is 6. The molecule has 3 nitrogen and oxygen atoms in total. The first kappa shape index (κ1) is 12.0. The summed E-state index contributed by atoms with van der Waals surface area (Å²) < 4.78 is 5.34. The third-order valence-electron chi connectivity index (χ3n) is 3.62. The van der Waals surface area contributed by atoms with Crippen LogP contribution in [0.25, 0.3) is 0 Å². The normalized spacial score (nSPS) is 21.6. The monoisotopic (exact) mass is 200 g/mol. The Kier molecular flexibility index (Phi) is 3.93. The summed E-state index contributed by atoms with van der Waals surface area (Å²) in [7, 11) is 3.94. The van der Waals surface area contributed by atoms with Crippen molar-refractivity contribution in [2.75, 3.05) is 27.3 Å². The van der Waals surface area contributed by atoms with Crippen molar-refractivity contribution in [3.63, 3.8) is 0 Å². The van der Waals surface area contributed by atoms with E-state index < -0.39 is 0 Å². The van der Waals surface area contributed by atoms with Crippen molar-refractivity contribution < 1.29 is 4.74 Å². The molecule has 84 valence electrons. The maximum absolute atomic E-state index is 5.94. The molecule has 1 atom stereocenters. The molecule has 14 heavy (non-hydrogen) atoms. The van der Waals surface area contributed by atoms with E-state index in [1.807, 2.05) is 0 Å². The molecule has 1 unspecified atom stereocenters.